The molecule has 0 saturated carbocycles. The van der Waals surface area contributed by atoms with Crippen LogP contribution in [0.4, 0.5) is 0 Å². The molecule has 4 heteroatoms. The molecule has 0 aliphatic heterocycles. The standard InChI is InChI=1S/C37H28N4/c1-37(2)31-16-10-9-15-29(31)34-30-23-24-40(33(30)22-21-32(34)37)27-17-19-28(20-18-27)41-35(25-11-5-3-6-12-25)38-39-36(41)26-13-7-4-8-14-26/h3-24H,1-2H3. The van der Waals surface area contributed by atoms with E-state index in [2.05, 4.69) is 130 Å². The first kappa shape index (κ1) is 23.6. The molecule has 0 amide bonds. The first-order chi connectivity index (χ1) is 20.1. The van der Waals surface area contributed by atoms with E-state index < -0.39 is 0 Å². The van der Waals surface area contributed by atoms with Crippen molar-refractivity contribution in [2.75, 3.05) is 0 Å². The van der Waals surface area contributed by atoms with Gasteiger partial charge in [-0.25, -0.2) is 0 Å². The number of nitrogens with zero attached hydrogens (tertiary/aromatic N) is 4. The summed E-state index contributed by atoms with van der Waals surface area (Å²) in [5.74, 6) is 1.64. The van der Waals surface area contributed by atoms with Crippen LogP contribution in [0.1, 0.15) is 25.0 Å². The third-order valence-corrected chi connectivity index (χ3v) is 8.53. The smallest absolute Gasteiger partial charge is 0.168 e. The molecule has 1 aliphatic rings. The summed E-state index contributed by atoms with van der Waals surface area (Å²) in [5.41, 5.74) is 10.9. The Bertz CT molecular complexity index is 1990. The van der Waals surface area contributed by atoms with Gasteiger partial charge in [0.25, 0.3) is 0 Å². The third kappa shape index (κ3) is 3.54. The van der Waals surface area contributed by atoms with E-state index in [1.54, 1.807) is 0 Å². The van der Waals surface area contributed by atoms with Crippen LogP contribution in [0.15, 0.2) is 134 Å². The molecule has 41 heavy (non-hydrogen) atoms. The Hall–Kier alpha value is -5.22. The summed E-state index contributed by atoms with van der Waals surface area (Å²) >= 11 is 0. The van der Waals surface area contributed by atoms with Crippen LogP contribution in [0.25, 0.3) is 56.2 Å². The van der Waals surface area contributed by atoms with E-state index in [1.807, 2.05) is 36.4 Å². The van der Waals surface area contributed by atoms with E-state index >= 15 is 0 Å². The van der Waals surface area contributed by atoms with Gasteiger partial charge in [0.1, 0.15) is 0 Å². The second-order valence-electron chi connectivity index (χ2n) is 11.2. The van der Waals surface area contributed by atoms with E-state index in [4.69, 9.17) is 0 Å². The highest BCUT2D eigenvalue weighted by atomic mass is 15.3. The normalized spacial score (nSPS) is 13.3. The highest BCUT2D eigenvalue weighted by molar-refractivity contribution is 6.02. The Morgan fingerprint density at radius 3 is 1.78 bits per heavy atom. The fourth-order valence-corrected chi connectivity index (χ4v) is 6.48. The van der Waals surface area contributed by atoms with Crippen LogP contribution in [0.2, 0.25) is 0 Å². The molecule has 0 bridgehead atoms. The zero-order valence-corrected chi connectivity index (χ0v) is 23.0. The van der Waals surface area contributed by atoms with Gasteiger partial charge in [-0.3, -0.25) is 4.57 Å². The Kier molecular flexibility index (Phi) is 5.13. The second-order valence-corrected chi connectivity index (χ2v) is 11.2. The summed E-state index contributed by atoms with van der Waals surface area (Å²) in [5, 5.41) is 10.5. The molecule has 196 valence electrons. The molecule has 4 nitrogen and oxygen atoms in total. The third-order valence-electron chi connectivity index (χ3n) is 8.53. The second kappa shape index (κ2) is 8.90. The van der Waals surface area contributed by atoms with Gasteiger partial charge in [-0.2, -0.15) is 0 Å². The molecule has 7 aromatic rings. The molecule has 2 heterocycles. The number of hydrogen-bond donors (Lipinski definition) is 0. The van der Waals surface area contributed by atoms with Crippen LogP contribution in [0.5, 0.6) is 0 Å². The van der Waals surface area contributed by atoms with Gasteiger partial charge in [0, 0.05) is 39.5 Å². The fraction of sp³-hybridized carbons (Fsp3) is 0.0811. The average molecular weight is 529 g/mol. The summed E-state index contributed by atoms with van der Waals surface area (Å²) < 4.78 is 4.43. The maximum Gasteiger partial charge on any atom is 0.168 e. The molecule has 0 N–H and O–H groups in total. The molecule has 0 unspecified atom stereocenters. The molecule has 5 aromatic carbocycles. The average Bonchev–Trinajstić information content (AvgIpc) is 3.72. The van der Waals surface area contributed by atoms with Crippen molar-refractivity contribution in [2.45, 2.75) is 19.3 Å². The van der Waals surface area contributed by atoms with Gasteiger partial charge < -0.3 is 4.57 Å². The number of hydrogen-bond acceptors (Lipinski definition) is 2. The summed E-state index contributed by atoms with van der Waals surface area (Å²) in [7, 11) is 0. The molecule has 1 aliphatic carbocycles. The molecule has 0 spiro atoms. The number of fused-ring (bicyclic) bond motifs is 5. The molecule has 0 atom stereocenters. The monoisotopic (exact) mass is 528 g/mol. The summed E-state index contributed by atoms with van der Waals surface area (Å²) in [6.45, 7) is 4.66. The molecule has 0 saturated heterocycles. The largest absolute Gasteiger partial charge is 0.317 e. The predicted octanol–water partition coefficient (Wildman–Crippen LogP) is 8.85. The van der Waals surface area contributed by atoms with Gasteiger partial charge in [-0.05, 0) is 58.7 Å². The highest BCUT2D eigenvalue weighted by Crippen LogP contribution is 2.51. The van der Waals surface area contributed by atoms with Gasteiger partial charge in [0.05, 0.1) is 5.52 Å². The Morgan fingerprint density at radius 2 is 1.12 bits per heavy atom. The minimum atomic E-state index is -0.00434. The van der Waals surface area contributed by atoms with Crippen molar-refractivity contribution in [3.05, 3.63) is 145 Å². The van der Waals surface area contributed by atoms with Gasteiger partial charge in [-0.1, -0.05) is 105 Å². The zero-order valence-electron chi connectivity index (χ0n) is 23.0. The minimum absolute atomic E-state index is 0.00434. The zero-order chi connectivity index (χ0) is 27.6. The van der Waals surface area contributed by atoms with Gasteiger partial charge in [0.2, 0.25) is 0 Å². The van der Waals surface area contributed by atoms with Crippen LogP contribution in [0.3, 0.4) is 0 Å². The lowest BCUT2D eigenvalue weighted by molar-refractivity contribution is 0.661. The van der Waals surface area contributed by atoms with E-state index in [-0.39, 0.29) is 5.41 Å². The maximum atomic E-state index is 4.62. The molecular formula is C37H28N4. The molecule has 2 aromatic heterocycles. The Labute approximate surface area is 239 Å². The van der Waals surface area contributed by atoms with Gasteiger partial charge in [-0.15, -0.1) is 10.2 Å². The molecule has 8 rings (SSSR count). The number of benzene rings is 5. The van der Waals surface area contributed by atoms with Gasteiger partial charge >= 0.3 is 0 Å². The minimum Gasteiger partial charge on any atom is -0.317 e. The van der Waals surface area contributed by atoms with Crippen molar-refractivity contribution in [3.63, 3.8) is 0 Å². The summed E-state index contributed by atoms with van der Waals surface area (Å²) in [6, 6.07) is 44.9. The molecular weight excluding hydrogens is 500 g/mol. The highest BCUT2D eigenvalue weighted by Gasteiger charge is 2.36. The lowest BCUT2D eigenvalue weighted by atomic mass is 9.82. The topological polar surface area (TPSA) is 35.6 Å². The predicted molar refractivity (Wildman–Crippen MR) is 167 cm³/mol. The fourth-order valence-electron chi connectivity index (χ4n) is 6.48. The van der Waals surface area contributed by atoms with Crippen molar-refractivity contribution in [1.82, 2.24) is 19.3 Å². The van der Waals surface area contributed by atoms with Crippen LogP contribution >= 0.6 is 0 Å². The maximum absolute atomic E-state index is 4.62. The Morgan fingerprint density at radius 1 is 0.537 bits per heavy atom. The van der Waals surface area contributed by atoms with Crippen molar-refractivity contribution < 1.29 is 0 Å². The van der Waals surface area contributed by atoms with Crippen molar-refractivity contribution in [1.29, 1.82) is 0 Å². The molecule has 0 radical (unpaired) electrons. The lowest BCUT2D eigenvalue weighted by Crippen LogP contribution is -2.14. The first-order valence-corrected chi connectivity index (χ1v) is 14.0. The van der Waals surface area contributed by atoms with E-state index in [1.165, 1.54) is 33.2 Å². The summed E-state index contributed by atoms with van der Waals surface area (Å²) in [6.07, 6.45) is 2.19. The van der Waals surface area contributed by atoms with Gasteiger partial charge in [0.15, 0.2) is 11.6 Å². The van der Waals surface area contributed by atoms with Crippen molar-refractivity contribution in [3.8, 4) is 45.3 Å². The van der Waals surface area contributed by atoms with Crippen LogP contribution < -0.4 is 0 Å². The lowest BCUT2D eigenvalue weighted by Gasteiger charge is -2.21. The van der Waals surface area contributed by atoms with Crippen LogP contribution in [0, 0.1) is 0 Å². The summed E-state index contributed by atoms with van der Waals surface area (Å²) in [4.78, 5) is 0. The van der Waals surface area contributed by atoms with Crippen LogP contribution in [-0.2, 0) is 5.41 Å². The number of aromatic nitrogens is 4. The van der Waals surface area contributed by atoms with E-state index in [9.17, 15) is 0 Å². The Balaban J connectivity index is 1.25. The van der Waals surface area contributed by atoms with Crippen molar-refractivity contribution in [2.24, 2.45) is 0 Å². The quantitative estimate of drug-likeness (QED) is 0.229. The van der Waals surface area contributed by atoms with Crippen molar-refractivity contribution >= 4 is 10.9 Å². The van der Waals surface area contributed by atoms with E-state index in [0.29, 0.717) is 0 Å². The molecule has 0 fully saturated rings. The van der Waals surface area contributed by atoms with E-state index in [0.717, 1.165) is 34.2 Å². The SMILES string of the molecule is CC1(C)c2ccccc2-c2c1ccc1c2ccn1-c1ccc(-n2c(-c3ccccc3)nnc2-c2ccccc2)cc1. The van der Waals surface area contributed by atoms with Crippen LogP contribution in [-0.4, -0.2) is 19.3 Å². The first-order valence-electron chi connectivity index (χ1n) is 14.0. The number of rotatable bonds is 4.